The van der Waals surface area contributed by atoms with Crippen molar-refractivity contribution >= 4 is 49.4 Å². The summed E-state index contributed by atoms with van der Waals surface area (Å²) in [6.07, 6.45) is 6.38. The molecule has 0 saturated carbocycles. The van der Waals surface area contributed by atoms with Gasteiger partial charge >= 0.3 is 26.2 Å². The average molecular weight is 841 g/mol. The van der Waals surface area contributed by atoms with Gasteiger partial charge in [-0.15, -0.1) is 29.0 Å². The van der Waals surface area contributed by atoms with Crippen LogP contribution in [0.5, 0.6) is 0 Å². The molecule has 6 heteroatoms. The van der Waals surface area contributed by atoms with Gasteiger partial charge in [0, 0.05) is 5.41 Å². The van der Waals surface area contributed by atoms with Gasteiger partial charge in [-0.3, -0.25) is 0 Å². The molecule has 0 aliphatic heterocycles. The van der Waals surface area contributed by atoms with Crippen molar-refractivity contribution in [3.05, 3.63) is 220 Å². The van der Waals surface area contributed by atoms with Crippen molar-refractivity contribution in [1.29, 1.82) is 0 Å². The third-order valence-corrected chi connectivity index (χ3v) is 16.2. The maximum Gasteiger partial charge on any atom is 4.00 e. The van der Waals surface area contributed by atoms with Crippen LogP contribution < -0.4 is 35.3 Å². The molecule has 6 aromatic rings. The molecule has 256 valence electrons. The SMILES string of the molecule is C[Si](C)(C)C(=[SiH2])C1=c2ccccc2=[C-]C1(c1ccccc1)c1ccccc1.[Cl-].[Cl-].[SiH2]=C1[CH-]C(c2ccccc2)(c2ccccc2)c2ccccc21.[Zr+4]. The van der Waals surface area contributed by atoms with E-state index in [0.29, 0.717) is 0 Å². The van der Waals surface area contributed by atoms with Gasteiger partial charge in [-0.1, -0.05) is 185 Å². The van der Waals surface area contributed by atoms with Crippen molar-refractivity contribution in [3.8, 4) is 0 Å². The van der Waals surface area contributed by atoms with Gasteiger partial charge in [-0.25, -0.2) is 11.6 Å². The Morgan fingerprint density at radius 2 is 0.962 bits per heavy atom. The third-order valence-electron chi connectivity index (χ3n) is 10.1. The Morgan fingerprint density at radius 3 is 1.44 bits per heavy atom. The summed E-state index contributed by atoms with van der Waals surface area (Å²) in [5.41, 5.74) is 8.94. The zero-order valence-electron chi connectivity index (χ0n) is 29.9. The minimum absolute atomic E-state index is 0. The van der Waals surface area contributed by atoms with Gasteiger partial charge in [0.15, 0.2) is 0 Å². The molecule has 0 atom stereocenters. The number of fused-ring (bicyclic) bond motifs is 2. The van der Waals surface area contributed by atoms with Gasteiger partial charge in [0.25, 0.3) is 0 Å². The molecule has 0 nitrogen and oxygen atoms in total. The molecule has 0 N–H and O–H groups in total. The van der Waals surface area contributed by atoms with Crippen LogP contribution in [0.4, 0.5) is 0 Å². The van der Waals surface area contributed by atoms with Crippen molar-refractivity contribution in [2.24, 2.45) is 0 Å². The standard InChI is InChI=1S/C25H25Si2.C21H17Si.2ClH.Zr/c1-27(2,3)24(26)23-22-17-11-10-12-19(22)18-25(23,20-13-6-4-7-14-20)21-15-8-5-9-16-21;22-20-15-21(16-9-3-1-4-10-16,17-11-5-2-6-12-17)19-14-8-7-13-18(19)20;;;/h4-17H,26H2,1-3H3;1-15H,22H2;2*1H;/q2*-1;;;+4/p-2. The molecule has 8 rings (SSSR count). The Hall–Kier alpha value is -3.22. The van der Waals surface area contributed by atoms with Crippen LogP contribution in [0.15, 0.2) is 170 Å². The van der Waals surface area contributed by atoms with Crippen LogP contribution >= 0.6 is 0 Å². The largest absolute Gasteiger partial charge is 4.00 e. The van der Waals surface area contributed by atoms with Crippen LogP contribution in [-0.4, -0.2) is 37.7 Å². The maximum atomic E-state index is 3.95. The van der Waals surface area contributed by atoms with Crippen LogP contribution in [0.1, 0.15) is 33.4 Å². The molecular formula is C46H42Cl2Si3Zr. The van der Waals surface area contributed by atoms with E-state index in [0.717, 1.165) is 0 Å². The summed E-state index contributed by atoms with van der Waals surface area (Å²) in [5.74, 6) is 0. The second-order valence-electron chi connectivity index (χ2n) is 14.0. The fourth-order valence-electron chi connectivity index (χ4n) is 7.59. The Bertz CT molecular complexity index is 2190. The zero-order valence-corrected chi connectivity index (χ0v) is 37.7. The van der Waals surface area contributed by atoms with Crippen LogP contribution in [-0.2, 0) is 37.0 Å². The first-order valence-electron chi connectivity index (χ1n) is 17.1. The minimum Gasteiger partial charge on any atom is -1.00 e. The van der Waals surface area contributed by atoms with E-state index in [1.807, 2.05) is 9.85 Å². The molecule has 2 aliphatic rings. The zero-order chi connectivity index (χ0) is 34.1. The monoisotopic (exact) mass is 838 g/mol. The molecule has 2 aliphatic carbocycles. The fourth-order valence-corrected chi connectivity index (χ4v) is 9.73. The Balaban J connectivity index is 0.000000224. The van der Waals surface area contributed by atoms with Gasteiger partial charge in [-0.05, 0) is 37.5 Å². The van der Waals surface area contributed by atoms with Crippen molar-refractivity contribution in [2.75, 3.05) is 0 Å². The summed E-state index contributed by atoms with van der Waals surface area (Å²) in [6.45, 7) is 7.35. The normalized spacial score (nSPS) is 14.3. The molecule has 0 unspecified atom stereocenters. The molecule has 0 amide bonds. The number of benzene rings is 6. The number of halogens is 2. The van der Waals surface area contributed by atoms with E-state index < -0.39 is 8.07 Å². The Morgan fingerprint density at radius 1 is 0.558 bits per heavy atom. The second kappa shape index (κ2) is 17.3. The van der Waals surface area contributed by atoms with Gasteiger partial charge in [-0.2, -0.15) is 22.9 Å². The van der Waals surface area contributed by atoms with Crippen molar-refractivity contribution in [3.63, 3.8) is 0 Å². The van der Waals surface area contributed by atoms with Crippen molar-refractivity contribution < 1.29 is 51.0 Å². The predicted molar refractivity (Wildman–Crippen MR) is 219 cm³/mol. The molecule has 0 fully saturated rings. The summed E-state index contributed by atoms with van der Waals surface area (Å²) in [5, 5.41) is 3.95. The fraction of sp³-hybridized carbons (Fsp3) is 0.109. The van der Waals surface area contributed by atoms with Crippen LogP contribution in [0.3, 0.4) is 0 Å². The third kappa shape index (κ3) is 7.44. The van der Waals surface area contributed by atoms with E-state index in [9.17, 15) is 0 Å². The Labute approximate surface area is 348 Å². The smallest absolute Gasteiger partial charge is 1.00 e. The molecule has 0 aromatic heterocycles. The topological polar surface area (TPSA) is 0 Å². The first kappa shape index (κ1) is 41.5. The molecule has 52 heavy (non-hydrogen) atoms. The maximum absolute atomic E-state index is 3.95. The molecule has 0 bridgehead atoms. The second-order valence-corrected chi connectivity index (χ2v) is 21.3. The molecule has 0 spiro atoms. The number of rotatable bonds is 6. The first-order chi connectivity index (χ1) is 23.8. The van der Waals surface area contributed by atoms with Crippen LogP contribution in [0.25, 0.3) is 11.6 Å². The van der Waals surface area contributed by atoms with E-state index in [1.54, 1.807) is 4.79 Å². The van der Waals surface area contributed by atoms with Crippen molar-refractivity contribution in [1.82, 2.24) is 0 Å². The van der Waals surface area contributed by atoms with E-state index in [4.69, 9.17) is 0 Å². The molecule has 6 aromatic carbocycles. The van der Waals surface area contributed by atoms with Crippen LogP contribution in [0.2, 0.25) is 19.6 Å². The van der Waals surface area contributed by atoms with E-state index in [2.05, 4.69) is 212 Å². The predicted octanol–water partition coefficient (Wildman–Crippen LogP) is 0.576. The molecule has 0 saturated heterocycles. The summed E-state index contributed by atoms with van der Waals surface area (Å²) < 4.78 is 0. The van der Waals surface area contributed by atoms with Gasteiger partial charge in [0.05, 0.1) is 8.07 Å². The summed E-state index contributed by atoms with van der Waals surface area (Å²) in [4.78, 5) is 1.58. The summed E-state index contributed by atoms with van der Waals surface area (Å²) in [6, 6.07) is 61.0. The summed E-state index contributed by atoms with van der Waals surface area (Å²) in [7, 11) is 2.59. The van der Waals surface area contributed by atoms with Gasteiger partial charge in [0.1, 0.15) is 0 Å². The summed E-state index contributed by atoms with van der Waals surface area (Å²) >= 11 is 0. The molecule has 0 heterocycles. The first-order valence-corrected chi connectivity index (χ1v) is 22.0. The van der Waals surface area contributed by atoms with Gasteiger partial charge in [0.2, 0.25) is 0 Å². The van der Waals surface area contributed by atoms with E-state index in [1.165, 1.54) is 54.6 Å². The molecule has 0 radical (unpaired) electrons. The van der Waals surface area contributed by atoms with Gasteiger partial charge < -0.3 is 24.8 Å². The molecular weight excluding hydrogens is 799 g/mol. The number of hydrogen-bond donors (Lipinski definition) is 0. The quantitative estimate of drug-likeness (QED) is 0.170. The van der Waals surface area contributed by atoms with Crippen LogP contribution in [0, 0.1) is 6.42 Å². The number of hydrogen-bond acceptors (Lipinski definition) is 0. The van der Waals surface area contributed by atoms with E-state index in [-0.39, 0.29) is 61.8 Å². The van der Waals surface area contributed by atoms with E-state index >= 15 is 0 Å². The Kier molecular flexibility index (Phi) is 13.8. The minimum atomic E-state index is -1.50. The average Bonchev–Trinajstić information content (AvgIpc) is 3.66. The van der Waals surface area contributed by atoms with Crippen molar-refractivity contribution in [2.45, 2.75) is 30.5 Å².